The van der Waals surface area contributed by atoms with E-state index in [0.717, 1.165) is 4.57 Å². The topological polar surface area (TPSA) is 136 Å². The first-order chi connectivity index (χ1) is 22.1. The summed E-state index contributed by atoms with van der Waals surface area (Å²) in [6.07, 6.45) is -3.21. The number of aliphatic carboxylic acids is 1. The highest BCUT2D eigenvalue weighted by atomic mass is 19.4. The maximum absolute atomic E-state index is 15.3. The Balaban J connectivity index is 1.42. The summed E-state index contributed by atoms with van der Waals surface area (Å²) in [5.74, 6) is -9.50. The Labute approximate surface area is 258 Å². The fraction of sp³-hybridized carbons (Fsp3) is 0.276. The van der Waals surface area contributed by atoms with Gasteiger partial charge in [-0.1, -0.05) is 0 Å². The monoisotopic (exact) mass is 669 g/mol. The molecular formula is C29H22F7N5O6. The van der Waals surface area contributed by atoms with Crippen molar-refractivity contribution in [2.75, 3.05) is 24.7 Å². The van der Waals surface area contributed by atoms with Gasteiger partial charge in [-0.05, 0) is 35.9 Å². The normalized spacial score (nSPS) is 15.9. The van der Waals surface area contributed by atoms with E-state index >= 15 is 8.78 Å². The Morgan fingerprint density at radius 3 is 2.30 bits per heavy atom. The van der Waals surface area contributed by atoms with E-state index in [1.807, 2.05) is 5.32 Å². The molecule has 2 N–H and O–H groups in total. The fourth-order valence-electron chi connectivity index (χ4n) is 5.23. The summed E-state index contributed by atoms with van der Waals surface area (Å²) in [5, 5.41) is 11.4. The number of amides is 1. The van der Waals surface area contributed by atoms with E-state index in [0.29, 0.717) is 29.2 Å². The van der Waals surface area contributed by atoms with Crippen LogP contribution in [0.25, 0.3) is 16.6 Å². The molecule has 5 rings (SSSR count). The molecule has 0 aliphatic carbocycles. The number of alkyl halides is 3. The molecule has 2 atom stereocenters. The van der Waals surface area contributed by atoms with Crippen molar-refractivity contribution in [2.24, 2.45) is 7.05 Å². The van der Waals surface area contributed by atoms with Crippen LogP contribution in [-0.2, 0) is 23.0 Å². The van der Waals surface area contributed by atoms with Gasteiger partial charge in [0.2, 0.25) is 0 Å². The number of pyridine rings is 1. The average Bonchev–Trinajstić information content (AvgIpc) is 3.00. The lowest BCUT2D eigenvalue weighted by Crippen LogP contribution is -2.53. The minimum atomic E-state index is -4.81. The van der Waals surface area contributed by atoms with E-state index in [-0.39, 0.29) is 28.6 Å². The summed E-state index contributed by atoms with van der Waals surface area (Å²) in [7, 11) is 1.24. The third kappa shape index (κ3) is 6.27. The molecule has 248 valence electrons. The number of anilines is 1. The maximum Gasteiger partial charge on any atom is 0.411 e. The number of carboxylic acids is 1. The van der Waals surface area contributed by atoms with Crippen molar-refractivity contribution < 1.29 is 50.2 Å². The first-order valence-corrected chi connectivity index (χ1v) is 13.6. The molecule has 47 heavy (non-hydrogen) atoms. The van der Waals surface area contributed by atoms with Gasteiger partial charge in [0.25, 0.3) is 11.5 Å². The third-order valence-electron chi connectivity index (χ3n) is 7.51. The smallest absolute Gasteiger partial charge is 0.411 e. The Morgan fingerprint density at radius 1 is 1.06 bits per heavy atom. The number of aryl methyl sites for hydroxylation is 1. The maximum atomic E-state index is 15.3. The van der Waals surface area contributed by atoms with Gasteiger partial charge in [-0.25, -0.2) is 31.7 Å². The lowest BCUT2D eigenvalue weighted by Gasteiger charge is -2.38. The highest BCUT2D eigenvalue weighted by Crippen LogP contribution is 2.32. The first kappa shape index (κ1) is 33.1. The molecular weight excluding hydrogens is 647 g/mol. The van der Waals surface area contributed by atoms with Crippen molar-refractivity contribution in [2.45, 2.75) is 24.7 Å². The average molecular weight is 670 g/mol. The number of nitrogens with zero attached hydrogens (tertiary/aromatic N) is 4. The van der Waals surface area contributed by atoms with E-state index in [4.69, 9.17) is 4.74 Å². The molecule has 18 heteroatoms. The summed E-state index contributed by atoms with van der Waals surface area (Å²) < 4.78 is 107. The van der Waals surface area contributed by atoms with Crippen LogP contribution >= 0.6 is 0 Å². The highest BCUT2D eigenvalue weighted by molar-refractivity contribution is 5.97. The second-order valence-corrected chi connectivity index (χ2v) is 10.5. The number of nitrogens with one attached hydrogen (secondary N) is 1. The Bertz CT molecular complexity index is 1980. The minimum Gasteiger partial charge on any atom is -0.480 e. The van der Waals surface area contributed by atoms with Crippen molar-refractivity contribution in [1.29, 1.82) is 0 Å². The van der Waals surface area contributed by atoms with Crippen LogP contribution in [0, 0.1) is 23.3 Å². The SMILES string of the molecule is Cn1c(=O)n(-c2c(F)cc(C[C@H](NC(=O)c3c(F)cc(N4CCOC[C@@H]4C(F)(F)F)cc3F)C(=O)O)cc2F)c(=O)c2ccncc21. The summed E-state index contributed by atoms with van der Waals surface area (Å²) in [6, 6.07) is -0.828. The predicted octanol–water partition coefficient (Wildman–Crippen LogP) is 2.83. The van der Waals surface area contributed by atoms with E-state index in [9.17, 15) is 46.2 Å². The van der Waals surface area contributed by atoms with Gasteiger partial charge in [-0.2, -0.15) is 13.2 Å². The number of carboxylic acid groups (broad SMARTS) is 1. The lowest BCUT2D eigenvalue weighted by atomic mass is 10.0. The lowest BCUT2D eigenvalue weighted by molar-refractivity contribution is -0.167. The highest BCUT2D eigenvalue weighted by Gasteiger charge is 2.46. The van der Waals surface area contributed by atoms with Crippen LogP contribution in [0.5, 0.6) is 0 Å². The van der Waals surface area contributed by atoms with Crippen LogP contribution in [0.2, 0.25) is 0 Å². The van der Waals surface area contributed by atoms with E-state index in [1.54, 1.807) is 0 Å². The molecule has 0 spiro atoms. The largest absolute Gasteiger partial charge is 0.480 e. The molecule has 0 bridgehead atoms. The molecule has 2 aromatic heterocycles. The number of halogens is 7. The number of carbonyl (C=O) groups is 2. The number of morpholine rings is 1. The zero-order chi connectivity index (χ0) is 34.4. The zero-order valence-electron chi connectivity index (χ0n) is 23.9. The number of hydrogen-bond acceptors (Lipinski definition) is 7. The molecule has 1 amide bonds. The molecule has 1 saturated heterocycles. The molecule has 2 aromatic carbocycles. The number of carbonyl (C=O) groups excluding carboxylic acids is 1. The second-order valence-electron chi connectivity index (χ2n) is 10.5. The summed E-state index contributed by atoms with van der Waals surface area (Å²) in [6.45, 7) is -1.35. The van der Waals surface area contributed by atoms with Crippen molar-refractivity contribution in [1.82, 2.24) is 19.4 Å². The van der Waals surface area contributed by atoms with E-state index in [2.05, 4.69) is 4.98 Å². The quantitative estimate of drug-likeness (QED) is 0.287. The van der Waals surface area contributed by atoms with Gasteiger partial charge in [0.15, 0.2) is 11.6 Å². The number of ether oxygens (including phenoxy) is 1. The number of rotatable bonds is 7. The van der Waals surface area contributed by atoms with Crippen LogP contribution in [0.1, 0.15) is 15.9 Å². The van der Waals surface area contributed by atoms with Gasteiger partial charge in [-0.15, -0.1) is 0 Å². The predicted molar refractivity (Wildman–Crippen MR) is 149 cm³/mol. The van der Waals surface area contributed by atoms with Gasteiger partial charge in [0, 0.05) is 31.9 Å². The molecule has 1 aliphatic heterocycles. The molecule has 0 radical (unpaired) electrons. The van der Waals surface area contributed by atoms with Gasteiger partial charge < -0.3 is 20.1 Å². The minimum absolute atomic E-state index is 0.0868. The van der Waals surface area contributed by atoms with Crippen LogP contribution < -0.4 is 21.5 Å². The summed E-state index contributed by atoms with van der Waals surface area (Å²) in [4.78, 5) is 55.0. The van der Waals surface area contributed by atoms with Crippen LogP contribution in [0.15, 0.2) is 52.3 Å². The second kappa shape index (κ2) is 12.5. The number of benzene rings is 2. The van der Waals surface area contributed by atoms with Crippen molar-refractivity contribution in [3.05, 3.63) is 98.0 Å². The number of hydrogen-bond donors (Lipinski definition) is 2. The van der Waals surface area contributed by atoms with Gasteiger partial charge in [-0.3, -0.25) is 19.1 Å². The van der Waals surface area contributed by atoms with Crippen LogP contribution in [0.3, 0.4) is 0 Å². The number of aromatic nitrogens is 3. The molecule has 11 nitrogen and oxygen atoms in total. The molecule has 3 heterocycles. The molecule has 4 aromatic rings. The Morgan fingerprint density at radius 2 is 1.70 bits per heavy atom. The molecule has 0 unspecified atom stereocenters. The van der Waals surface area contributed by atoms with Crippen LogP contribution in [0.4, 0.5) is 36.4 Å². The molecule has 0 saturated carbocycles. The van der Waals surface area contributed by atoms with Crippen LogP contribution in [-0.4, -0.2) is 69.1 Å². The van der Waals surface area contributed by atoms with Crippen molar-refractivity contribution in [3.63, 3.8) is 0 Å². The van der Waals surface area contributed by atoms with Crippen molar-refractivity contribution in [3.8, 4) is 5.69 Å². The molecule has 1 fully saturated rings. The van der Waals surface area contributed by atoms with Crippen molar-refractivity contribution >= 4 is 28.5 Å². The Kier molecular flexibility index (Phi) is 8.81. The van der Waals surface area contributed by atoms with Gasteiger partial charge in [0.1, 0.15) is 35.0 Å². The summed E-state index contributed by atoms with van der Waals surface area (Å²) in [5.41, 5.74) is -5.41. The standard InChI is InChI=1S/C29H22F7N5O6/c1-39-21-11-37-3-2-15(21)26(43)41(28(39)46)24-18(32)6-13(7-19(24)33)8-20(27(44)45)38-25(42)23-16(30)9-14(10-17(23)31)40-4-5-47-12-22(40)29(34,35)36/h2-3,6-7,9-11,20,22H,4-5,8,12H2,1H3,(H,38,42)(H,44,45)/t20-,22+/m0/s1. The van der Waals surface area contributed by atoms with E-state index in [1.165, 1.54) is 25.5 Å². The molecule has 1 aliphatic rings. The Hall–Kier alpha value is -5.26. The third-order valence-corrected chi connectivity index (χ3v) is 7.51. The zero-order valence-corrected chi connectivity index (χ0v) is 23.9. The first-order valence-electron chi connectivity index (χ1n) is 13.6. The fourth-order valence-corrected chi connectivity index (χ4v) is 5.23. The van der Waals surface area contributed by atoms with Gasteiger partial charge in [0.05, 0.1) is 30.3 Å². The number of fused-ring (bicyclic) bond motifs is 1. The summed E-state index contributed by atoms with van der Waals surface area (Å²) >= 11 is 0. The van der Waals surface area contributed by atoms with Gasteiger partial charge >= 0.3 is 17.8 Å². The van der Waals surface area contributed by atoms with E-state index < -0.39 is 100 Å².